The average molecular weight is 437 g/mol. The molecule has 0 bridgehead atoms. The van der Waals surface area contributed by atoms with E-state index < -0.39 is 17.3 Å². The molecule has 3 rings (SSSR count). The number of nitriles is 2. The van der Waals surface area contributed by atoms with Crippen LogP contribution in [-0.2, 0) is 11.2 Å². The van der Waals surface area contributed by atoms with Gasteiger partial charge in [-0.05, 0) is 24.0 Å². The van der Waals surface area contributed by atoms with Crippen molar-refractivity contribution >= 4 is 23.5 Å². The summed E-state index contributed by atoms with van der Waals surface area (Å²) in [5, 5.41) is 29.5. The summed E-state index contributed by atoms with van der Waals surface area (Å²) in [5.74, 6) is -0.159. The van der Waals surface area contributed by atoms with Gasteiger partial charge >= 0.3 is 0 Å². The first-order valence-corrected chi connectivity index (χ1v) is 10.9. The number of hydrogen-bond donors (Lipinski definition) is 3. The maximum atomic E-state index is 12.2. The number of carbonyl (C=O) groups is 1. The first kappa shape index (κ1) is 22.6. The Morgan fingerprint density at radius 1 is 1.32 bits per heavy atom. The Morgan fingerprint density at radius 3 is 2.55 bits per heavy atom. The van der Waals surface area contributed by atoms with E-state index in [0.29, 0.717) is 46.9 Å². The minimum atomic E-state index is -0.749. The molecule has 0 saturated carbocycles. The number of rotatable bonds is 6. The van der Waals surface area contributed by atoms with Crippen LogP contribution in [0.3, 0.4) is 0 Å². The quantitative estimate of drug-likeness (QED) is 0.577. The largest absolute Gasteiger partial charge is 0.390 e. The number of aliphatic hydroxyl groups is 1. The number of piperidine rings is 1. The number of thioether (sulfide) groups is 1. The molecular formula is C22H24N6O2S. The number of hydrogen-bond acceptors (Lipinski definition) is 8. The summed E-state index contributed by atoms with van der Waals surface area (Å²) in [5.41, 5.74) is 13.4. The molecule has 1 aliphatic rings. The average Bonchev–Trinajstić information content (AvgIpc) is 2.78. The third-order valence-electron chi connectivity index (χ3n) is 5.35. The van der Waals surface area contributed by atoms with E-state index in [1.54, 1.807) is 12.1 Å². The predicted molar refractivity (Wildman–Crippen MR) is 118 cm³/mol. The van der Waals surface area contributed by atoms with Gasteiger partial charge in [-0.15, -0.1) is 0 Å². The van der Waals surface area contributed by atoms with Crippen molar-refractivity contribution in [3.8, 4) is 12.1 Å². The van der Waals surface area contributed by atoms with Gasteiger partial charge in [0, 0.05) is 19.1 Å². The lowest BCUT2D eigenvalue weighted by molar-refractivity contribution is -0.117. The van der Waals surface area contributed by atoms with Gasteiger partial charge in [0.1, 0.15) is 28.2 Å². The van der Waals surface area contributed by atoms with E-state index >= 15 is 0 Å². The molecule has 160 valence electrons. The van der Waals surface area contributed by atoms with Crippen molar-refractivity contribution in [3.05, 3.63) is 52.6 Å². The molecule has 1 aromatic heterocycles. The van der Waals surface area contributed by atoms with Gasteiger partial charge in [0.15, 0.2) is 0 Å². The zero-order valence-corrected chi connectivity index (χ0v) is 18.0. The van der Waals surface area contributed by atoms with Gasteiger partial charge in [0.05, 0.1) is 17.2 Å². The maximum Gasteiger partial charge on any atom is 0.235 e. The summed E-state index contributed by atoms with van der Waals surface area (Å²) in [7, 11) is 0. The number of anilines is 1. The van der Waals surface area contributed by atoms with E-state index in [1.165, 1.54) is 0 Å². The van der Waals surface area contributed by atoms with Crippen LogP contribution in [-0.4, -0.2) is 41.2 Å². The summed E-state index contributed by atoms with van der Waals surface area (Å²) in [6, 6.07) is 13.0. The Morgan fingerprint density at radius 2 is 2.00 bits per heavy atom. The number of nitrogens with two attached hydrogens (primary N) is 2. The highest BCUT2D eigenvalue weighted by Gasteiger charge is 2.31. The molecule has 2 aromatic rings. The number of nitrogens with zero attached hydrogens (tertiary/aromatic N) is 4. The monoisotopic (exact) mass is 436 g/mol. The number of aromatic nitrogens is 1. The zero-order chi connectivity index (χ0) is 22.5. The maximum absolute atomic E-state index is 12.2. The van der Waals surface area contributed by atoms with Crippen LogP contribution in [0.1, 0.15) is 40.8 Å². The Balaban J connectivity index is 2.12. The standard InChI is InChI=1S/C22H24N6O2S/c1-2-14-15(10-23)21(28-9-8-17(25)18(29)12-28)27-22(16(14)11-24)31-19(20(26)30)13-6-4-3-5-7-13/h3-7,17-19,29H,2,8-9,12,25H2,1H3,(H2,26,30)/t17-,18-,19-/m1/s1. The Bertz CT molecular complexity index is 1050. The van der Waals surface area contributed by atoms with Crippen molar-refractivity contribution in [3.63, 3.8) is 0 Å². The lowest BCUT2D eigenvalue weighted by Gasteiger charge is -2.35. The Hall–Kier alpha value is -3.11. The molecule has 1 amide bonds. The summed E-state index contributed by atoms with van der Waals surface area (Å²) in [4.78, 5) is 18.7. The molecule has 2 heterocycles. The molecule has 1 fully saturated rings. The normalized spacial score (nSPS) is 19.3. The third kappa shape index (κ3) is 4.64. The van der Waals surface area contributed by atoms with Crippen molar-refractivity contribution in [2.24, 2.45) is 11.5 Å². The first-order valence-electron chi connectivity index (χ1n) is 9.97. The van der Waals surface area contributed by atoms with Crippen molar-refractivity contribution in [1.29, 1.82) is 10.5 Å². The fraction of sp³-hybridized carbons (Fsp3) is 0.364. The third-order valence-corrected chi connectivity index (χ3v) is 6.61. The zero-order valence-electron chi connectivity index (χ0n) is 17.2. The number of carbonyl (C=O) groups excluding carboxylic acids is 1. The molecule has 1 aromatic carbocycles. The second-order valence-corrected chi connectivity index (χ2v) is 8.42. The second-order valence-electron chi connectivity index (χ2n) is 7.32. The minimum absolute atomic E-state index is 0.236. The van der Waals surface area contributed by atoms with Crippen LogP contribution in [0.2, 0.25) is 0 Å². The van der Waals surface area contributed by atoms with E-state index in [1.807, 2.05) is 30.0 Å². The van der Waals surface area contributed by atoms with E-state index in [9.17, 15) is 20.4 Å². The molecule has 3 atom stereocenters. The highest BCUT2D eigenvalue weighted by molar-refractivity contribution is 8.00. The lowest BCUT2D eigenvalue weighted by atomic mass is 9.99. The van der Waals surface area contributed by atoms with E-state index in [2.05, 4.69) is 17.1 Å². The second kappa shape index (κ2) is 9.80. The summed E-state index contributed by atoms with van der Waals surface area (Å²) in [6.45, 7) is 2.62. The van der Waals surface area contributed by atoms with E-state index in [-0.39, 0.29) is 18.2 Å². The molecule has 0 radical (unpaired) electrons. The molecular weight excluding hydrogens is 412 g/mol. The number of aliphatic hydroxyl groups excluding tert-OH is 1. The van der Waals surface area contributed by atoms with Crippen LogP contribution in [0.25, 0.3) is 0 Å². The smallest absolute Gasteiger partial charge is 0.235 e. The Kier molecular flexibility index (Phi) is 7.13. The molecule has 0 aliphatic carbocycles. The van der Waals surface area contributed by atoms with Crippen molar-refractivity contribution < 1.29 is 9.90 Å². The van der Waals surface area contributed by atoms with E-state index in [4.69, 9.17) is 11.5 Å². The fourth-order valence-electron chi connectivity index (χ4n) is 3.67. The molecule has 1 aliphatic heterocycles. The van der Waals surface area contributed by atoms with Crippen LogP contribution in [0.4, 0.5) is 5.82 Å². The van der Waals surface area contributed by atoms with Gasteiger partial charge in [-0.1, -0.05) is 49.0 Å². The molecule has 1 saturated heterocycles. The van der Waals surface area contributed by atoms with Crippen LogP contribution >= 0.6 is 11.8 Å². The number of β-amino-alcohol motifs (C(OH)–C–C–N with tert-alkyl or cyclic N) is 1. The molecule has 5 N–H and O–H groups in total. The van der Waals surface area contributed by atoms with E-state index in [0.717, 1.165) is 11.8 Å². The summed E-state index contributed by atoms with van der Waals surface area (Å²) >= 11 is 1.10. The van der Waals surface area contributed by atoms with Crippen LogP contribution < -0.4 is 16.4 Å². The van der Waals surface area contributed by atoms with Gasteiger partial charge in [-0.25, -0.2) is 4.98 Å². The van der Waals surface area contributed by atoms with Gasteiger partial charge in [-0.2, -0.15) is 10.5 Å². The van der Waals surface area contributed by atoms with Crippen LogP contribution in [0.5, 0.6) is 0 Å². The minimum Gasteiger partial charge on any atom is -0.390 e. The molecule has 31 heavy (non-hydrogen) atoms. The van der Waals surface area contributed by atoms with Crippen LogP contribution in [0.15, 0.2) is 35.4 Å². The van der Waals surface area contributed by atoms with Crippen molar-refractivity contribution in [2.75, 3.05) is 18.0 Å². The SMILES string of the molecule is CCc1c(C#N)c(S[C@@H](C(N)=O)c2ccccc2)nc(N2CC[C@@H](N)[C@H](O)C2)c1C#N. The molecule has 0 unspecified atom stereocenters. The lowest BCUT2D eigenvalue weighted by Crippen LogP contribution is -2.51. The Labute approximate surface area is 185 Å². The summed E-state index contributed by atoms with van der Waals surface area (Å²) in [6.07, 6.45) is 0.240. The van der Waals surface area contributed by atoms with Gasteiger partial charge in [0.2, 0.25) is 5.91 Å². The van der Waals surface area contributed by atoms with Gasteiger partial charge in [0.25, 0.3) is 0 Å². The number of primary amides is 1. The van der Waals surface area contributed by atoms with Crippen molar-refractivity contribution in [2.45, 2.75) is 42.2 Å². The molecule has 9 heteroatoms. The molecule has 0 spiro atoms. The van der Waals surface area contributed by atoms with Gasteiger partial charge in [-0.3, -0.25) is 4.79 Å². The fourth-order valence-corrected chi connectivity index (χ4v) is 4.73. The predicted octanol–water partition coefficient (Wildman–Crippen LogP) is 1.60. The topological polar surface area (TPSA) is 153 Å². The highest BCUT2D eigenvalue weighted by Crippen LogP contribution is 2.39. The number of pyridine rings is 1. The van der Waals surface area contributed by atoms with Gasteiger partial charge < -0.3 is 21.5 Å². The first-order chi connectivity index (χ1) is 14.9. The summed E-state index contributed by atoms with van der Waals surface area (Å²) < 4.78 is 0. The molecule has 8 nitrogen and oxygen atoms in total. The van der Waals surface area contributed by atoms with Crippen molar-refractivity contribution in [1.82, 2.24) is 4.98 Å². The highest BCUT2D eigenvalue weighted by atomic mass is 32.2. The van der Waals surface area contributed by atoms with Crippen LogP contribution in [0, 0.1) is 22.7 Å². The number of benzene rings is 1. The number of amides is 1.